The number of aryl methyl sites for hydroxylation is 1. The van der Waals surface area contributed by atoms with Crippen LogP contribution in [-0.2, 0) is 16.6 Å². The summed E-state index contributed by atoms with van der Waals surface area (Å²) in [5.74, 6) is 0.598. The van der Waals surface area contributed by atoms with E-state index >= 15 is 0 Å². The molecule has 3 heterocycles. The van der Waals surface area contributed by atoms with Gasteiger partial charge >= 0.3 is 0 Å². The summed E-state index contributed by atoms with van der Waals surface area (Å²) in [4.78, 5) is 4.13. The quantitative estimate of drug-likeness (QED) is 0.906. The topological polar surface area (TPSA) is 96.8 Å². The first-order chi connectivity index (χ1) is 10.1. The maximum Gasteiger partial charge on any atom is 0.260 e. The second-order valence-electron chi connectivity index (χ2n) is 4.98. The molecule has 21 heavy (non-hydrogen) atoms. The van der Waals surface area contributed by atoms with Crippen molar-refractivity contribution in [1.29, 1.82) is 0 Å². The highest BCUT2D eigenvalue weighted by atomic mass is 32.2. The number of sulfonamides is 1. The van der Waals surface area contributed by atoms with Crippen LogP contribution < -0.4 is 0 Å². The third-order valence-corrected chi connectivity index (χ3v) is 5.68. The molecule has 1 saturated heterocycles. The molecule has 9 heteroatoms. The van der Waals surface area contributed by atoms with Crippen molar-refractivity contribution in [2.75, 3.05) is 6.54 Å². The highest BCUT2D eigenvalue weighted by Crippen LogP contribution is 2.33. The van der Waals surface area contributed by atoms with E-state index in [2.05, 4.69) is 20.3 Å². The van der Waals surface area contributed by atoms with Crippen molar-refractivity contribution >= 4 is 10.0 Å². The molecule has 0 amide bonds. The van der Waals surface area contributed by atoms with Crippen molar-refractivity contribution in [2.24, 2.45) is 0 Å². The van der Waals surface area contributed by atoms with Crippen molar-refractivity contribution in [3.63, 3.8) is 0 Å². The molecule has 2 aromatic rings. The Labute approximate surface area is 123 Å². The fourth-order valence-electron chi connectivity index (χ4n) is 2.74. The molecule has 1 N–H and O–H groups in total. The number of hydrogen-bond donors (Lipinski definition) is 1. The molecule has 0 aliphatic carbocycles. The van der Waals surface area contributed by atoms with E-state index in [1.165, 1.54) is 21.5 Å². The van der Waals surface area contributed by atoms with Gasteiger partial charge in [-0.25, -0.2) is 13.4 Å². The molecule has 0 spiro atoms. The Hall–Kier alpha value is -1.74. The zero-order valence-corrected chi connectivity index (χ0v) is 12.6. The van der Waals surface area contributed by atoms with Gasteiger partial charge < -0.3 is 0 Å². The van der Waals surface area contributed by atoms with Crippen LogP contribution in [0.5, 0.6) is 0 Å². The maximum absolute atomic E-state index is 12.9. The Morgan fingerprint density at radius 1 is 1.43 bits per heavy atom. The molecule has 0 aromatic carbocycles. The Morgan fingerprint density at radius 2 is 2.29 bits per heavy atom. The van der Waals surface area contributed by atoms with Crippen molar-refractivity contribution < 1.29 is 8.42 Å². The molecule has 0 bridgehead atoms. The summed E-state index contributed by atoms with van der Waals surface area (Å²) in [6.45, 7) is 2.88. The van der Waals surface area contributed by atoms with Gasteiger partial charge in [0, 0.05) is 13.1 Å². The van der Waals surface area contributed by atoms with E-state index in [0.29, 0.717) is 18.9 Å². The zero-order valence-electron chi connectivity index (χ0n) is 11.8. The lowest BCUT2D eigenvalue weighted by atomic mass is 10.0. The van der Waals surface area contributed by atoms with Crippen molar-refractivity contribution in [2.45, 2.75) is 43.8 Å². The molecule has 1 aliphatic rings. The van der Waals surface area contributed by atoms with E-state index in [1.54, 1.807) is 6.07 Å². The second-order valence-corrected chi connectivity index (χ2v) is 6.82. The van der Waals surface area contributed by atoms with Crippen LogP contribution in [0.4, 0.5) is 0 Å². The molecule has 1 fully saturated rings. The third kappa shape index (κ3) is 2.46. The van der Waals surface area contributed by atoms with Gasteiger partial charge in [-0.3, -0.25) is 9.78 Å². The standard InChI is InChI=1S/C12H18N6O2S/c1-2-17-11(6-7-15-17)21(19,20)18-8-4-3-5-10(18)12-13-9-14-16-12/h6-7,9-10H,2-5,8H2,1H3,(H,13,14,16)/t10-/m1/s1. The van der Waals surface area contributed by atoms with Gasteiger partial charge in [-0.05, 0) is 25.8 Å². The van der Waals surface area contributed by atoms with Crippen LogP contribution in [0.2, 0.25) is 0 Å². The molecule has 2 aromatic heterocycles. The van der Waals surface area contributed by atoms with Crippen molar-refractivity contribution in [1.82, 2.24) is 29.3 Å². The zero-order chi connectivity index (χ0) is 14.9. The molecule has 0 radical (unpaired) electrons. The molecule has 8 nitrogen and oxygen atoms in total. The average molecular weight is 310 g/mol. The van der Waals surface area contributed by atoms with E-state index in [9.17, 15) is 8.42 Å². The van der Waals surface area contributed by atoms with E-state index in [-0.39, 0.29) is 11.1 Å². The number of nitrogens with zero attached hydrogens (tertiary/aromatic N) is 5. The van der Waals surface area contributed by atoms with Gasteiger partial charge in [-0.15, -0.1) is 0 Å². The predicted molar refractivity (Wildman–Crippen MR) is 74.8 cm³/mol. The van der Waals surface area contributed by atoms with E-state index < -0.39 is 10.0 Å². The van der Waals surface area contributed by atoms with Crippen LogP contribution in [0, 0.1) is 0 Å². The number of aromatic amines is 1. The molecule has 0 unspecified atom stereocenters. The molecule has 1 aliphatic heterocycles. The number of nitrogens with one attached hydrogen (secondary N) is 1. The summed E-state index contributed by atoms with van der Waals surface area (Å²) in [6.07, 6.45) is 5.50. The molecular weight excluding hydrogens is 292 g/mol. The molecule has 114 valence electrons. The van der Waals surface area contributed by atoms with Crippen LogP contribution in [0.3, 0.4) is 0 Å². The van der Waals surface area contributed by atoms with Gasteiger partial charge in [0.15, 0.2) is 5.03 Å². The van der Waals surface area contributed by atoms with Gasteiger partial charge in [0.1, 0.15) is 12.2 Å². The molecule has 1 atom stereocenters. The van der Waals surface area contributed by atoms with Crippen LogP contribution in [0.25, 0.3) is 0 Å². The Kier molecular flexibility index (Phi) is 3.77. The van der Waals surface area contributed by atoms with Crippen LogP contribution in [0.1, 0.15) is 38.1 Å². The van der Waals surface area contributed by atoms with E-state index in [4.69, 9.17) is 0 Å². The van der Waals surface area contributed by atoms with Gasteiger partial charge in [0.05, 0.1) is 12.2 Å². The van der Waals surface area contributed by atoms with Gasteiger partial charge in [0.2, 0.25) is 0 Å². The van der Waals surface area contributed by atoms with Gasteiger partial charge in [0.25, 0.3) is 10.0 Å². The fraction of sp³-hybridized carbons (Fsp3) is 0.583. The van der Waals surface area contributed by atoms with Crippen molar-refractivity contribution in [3.8, 4) is 0 Å². The number of hydrogen-bond acceptors (Lipinski definition) is 5. The lowest BCUT2D eigenvalue weighted by Gasteiger charge is -2.33. The summed E-state index contributed by atoms with van der Waals surface area (Å²) < 4.78 is 28.9. The first-order valence-electron chi connectivity index (χ1n) is 7.03. The largest absolute Gasteiger partial charge is 0.262 e. The highest BCUT2D eigenvalue weighted by molar-refractivity contribution is 7.89. The number of piperidine rings is 1. The van der Waals surface area contributed by atoms with Gasteiger partial charge in [-0.2, -0.15) is 14.5 Å². The predicted octanol–water partition coefficient (Wildman–Crippen LogP) is 0.937. The lowest BCUT2D eigenvalue weighted by Crippen LogP contribution is -2.39. The Morgan fingerprint density at radius 3 is 3.00 bits per heavy atom. The van der Waals surface area contributed by atoms with Crippen molar-refractivity contribution in [3.05, 3.63) is 24.4 Å². The average Bonchev–Trinajstić information content (AvgIpc) is 3.18. The van der Waals surface area contributed by atoms with E-state index in [0.717, 1.165) is 19.3 Å². The summed E-state index contributed by atoms with van der Waals surface area (Å²) in [5, 5.41) is 10.9. The molecule has 3 rings (SSSR count). The molecule has 0 saturated carbocycles. The highest BCUT2D eigenvalue weighted by Gasteiger charge is 2.37. The maximum atomic E-state index is 12.9. The lowest BCUT2D eigenvalue weighted by molar-refractivity contribution is 0.245. The second kappa shape index (κ2) is 5.57. The Balaban J connectivity index is 2.00. The first-order valence-corrected chi connectivity index (χ1v) is 8.47. The third-order valence-electron chi connectivity index (χ3n) is 3.75. The molecular formula is C12H18N6O2S. The smallest absolute Gasteiger partial charge is 0.260 e. The summed E-state index contributed by atoms with van der Waals surface area (Å²) in [5.41, 5.74) is 0. The summed E-state index contributed by atoms with van der Waals surface area (Å²) in [7, 11) is -3.59. The van der Waals surface area contributed by atoms with Crippen LogP contribution in [0.15, 0.2) is 23.6 Å². The first kappa shape index (κ1) is 14.2. The van der Waals surface area contributed by atoms with E-state index in [1.807, 2.05) is 6.92 Å². The monoisotopic (exact) mass is 310 g/mol. The fourth-order valence-corrected chi connectivity index (χ4v) is 4.56. The summed E-state index contributed by atoms with van der Waals surface area (Å²) >= 11 is 0. The summed E-state index contributed by atoms with van der Waals surface area (Å²) in [6, 6.07) is 1.26. The van der Waals surface area contributed by atoms with Crippen LogP contribution in [-0.4, -0.2) is 44.2 Å². The SMILES string of the molecule is CCn1nccc1S(=O)(=O)N1CCCC[C@@H]1c1ncn[nH]1. The minimum Gasteiger partial charge on any atom is -0.262 e. The minimum atomic E-state index is -3.59. The normalized spacial score (nSPS) is 20.7. The van der Waals surface area contributed by atoms with Gasteiger partial charge in [-0.1, -0.05) is 6.42 Å². The minimum absolute atomic E-state index is 0.233. The van der Waals surface area contributed by atoms with Crippen LogP contribution >= 0.6 is 0 Å². The Bertz CT molecular complexity index is 693. The number of aromatic nitrogens is 5. The number of H-pyrrole nitrogens is 1. The number of rotatable bonds is 4.